The number of benzene rings is 1. The minimum Gasteiger partial charge on any atom is -0.310 e. The zero-order chi connectivity index (χ0) is 15.5. The molecule has 0 bridgehead atoms. The third-order valence-corrected chi connectivity index (χ3v) is 4.04. The summed E-state index contributed by atoms with van der Waals surface area (Å²) in [6.07, 6.45) is 2.38. The maximum atomic E-state index is 13.8. The molecule has 1 aromatic heterocycles. The van der Waals surface area contributed by atoms with Gasteiger partial charge >= 0.3 is 0 Å². The first-order valence-corrected chi connectivity index (χ1v) is 7.74. The van der Waals surface area contributed by atoms with Crippen LogP contribution in [0.4, 0.5) is 4.39 Å². The molecule has 0 unspecified atom stereocenters. The Kier molecular flexibility index (Phi) is 4.34. The lowest BCUT2D eigenvalue weighted by Crippen LogP contribution is -2.35. The molecule has 2 aromatic rings. The molecule has 22 heavy (non-hydrogen) atoms. The van der Waals surface area contributed by atoms with E-state index in [0.717, 1.165) is 36.5 Å². The van der Waals surface area contributed by atoms with Crippen molar-refractivity contribution < 1.29 is 4.39 Å². The molecule has 0 saturated carbocycles. The highest BCUT2D eigenvalue weighted by Crippen LogP contribution is 2.18. The summed E-state index contributed by atoms with van der Waals surface area (Å²) >= 11 is 0. The second-order valence-corrected chi connectivity index (χ2v) is 5.74. The standard InChI is InChI=1S/C17H20FN3O/c1-2-5-16-19-15-11-21(9-8-13(15)17(22)20-16)10-12-6-3-4-7-14(12)18/h3-4,6-7H,2,5,8-11H2,1H3,(H,19,20,22). The van der Waals surface area contributed by atoms with Crippen LogP contribution in [0.15, 0.2) is 29.1 Å². The number of H-pyrrole nitrogens is 1. The van der Waals surface area contributed by atoms with Gasteiger partial charge in [-0.05, 0) is 18.9 Å². The number of hydrogen-bond donors (Lipinski definition) is 1. The Balaban J connectivity index is 1.81. The van der Waals surface area contributed by atoms with E-state index in [2.05, 4.69) is 21.8 Å². The van der Waals surface area contributed by atoms with Crippen LogP contribution in [0.2, 0.25) is 0 Å². The summed E-state index contributed by atoms with van der Waals surface area (Å²) in [5.41, 5.74) is 2.29. The topological polar surface area (TPSA) is 49.0 Å². The Labute approximate surface area is 129 Å². The van der Waals surface area contributed by atoms with Gasteiger partial charge in [-0.3, -0.25) is 9.69 Å². The van der Waals surface area contributed by atoms with Crippen LogP contribution in [0, 0.1) is 5.82 Å². The molecular formula is C17H20FN3O. The van der Waals surface area contributed by atoms with E-state index in [9.17, 15) is 9.18 Å². The Hall–Kier alpha value is -2.01. The van der Waals surface area contributed by atoms with E-state index in [0.29, 0.717) is 25.1 Å². The Morgan fingerprint density at radius 2 is 2.18 bits per heavy atom. The molecule has 0 atom stereocenters. The van der Waals surface area contributed by atoms with E-state index in [1.807, 2.05) is 6.07 Å². The molecule has 0 aliphatic carbocycles. The fourth-order valence-electron chi connectivity index (χ4n) is 2.90. The summed E-state index contributed by atoms with van der Waals surface area (Å²) in [4.78, 5) is 21.7. The fourth-order valence-corrected chi connectivity index (χ4v) is 2.90. The van der Waals surface area contributed by atoms with Gasteiger partial charge in [-0.2, -0.15) is 0 Å². The zero-order valence-electron chi connectivity index (χ0n) is 12.7. The monoisotopic (exact) mass is 301 g/mol. The maximum Gasteiger partial charge on any atom is 0.254 e. The molecule has 1 aromatic carbocycles. The first kappa shape index (κ1) is 14.9. The van der Waals surface area contributed by atoms with Gasteiger partial charge in [0.15, 0.2) is 0 Å². The van der Waals surface area contributed by atoms with Gasteiger partial charge in [0.25, 0.3) is 5.56 Å². The van der Waals surface area contributed by atoms with Crippen molar-refractivity contribution in [1.82, 2.24) is 14.9 Å². The molecule has 1 N–H and O–H groups in total. The van der Waals surface area contributed by atoms with Gasteiger partial charge in [-0.15, -0.1) is 0 Å². The normalized spacial score (nSPS) is 14.8. The first-order chi connectivity index (χ1) is 10.7. The van der Waals surface area contributed by atoms with Gasteiger partial charge in [0.2, 0.25) is 0 Å². The second-order valence-electron chi connectivity index (χ2n) is 5.74. The fraction of sp³-hybridized carbons (Fsp3) is 0.412. The average Bonchev–Trinajstić information content (AvgIpc) is 2.50. The molecule has 4 nitrogen and oxygen atoms in total. The van der Waals surface area contributed by atoms with Crippen LogP contribution in [-0.2, 0) is 25.9 Å². The largest absolute Gasteiger partial charge is 0.310 e. The summed E-state index contributed by atoms with van der Waals surface area (Å²) in [5.74, 6) is 0.567. The summed E-state index contributed by atoms with van der Waals surface area (Å²) < 4.78 is 13.8. The lowest BCUT2D eigenvalue weighted by atomic mass is 10.1. The summed E-state index contributed by atoms with van der Waals surface area (Å²) in [5, 5.41) is 0. The van der Waals surface area contributed by atoms with Crippen LogP contribution in [-0.4, -0.2) is 21.4 Å². The van der Waals surface area contributed by atoms with Crippen molar-refractivity contribution in [3.05, 3.63) is 63.1 Å². The van der Waals surface area contributed by atoms with Crippen molar-refractivity contribution >= 4 is 0 Å². The SMILES string of the molecule is CCCc1nc2c(c(=O)[nH]1)CCN(Cc1ccccc1F)C2. The van der Waals surface area contributed by atoms with Crippen LogP contribution in [0.1, 0.15) is 36.0 Å². The van der Waals surface area contributed by atoms with E-state index in [1.165, 1.54) is 6.07 Å². The van der Waals surface area contributed by atoms with Crippen molar-refractivity contribution in [2.45, 2.75) is 39.3 Å². The van der Waals surface area contributed by atoms with Crippen molar-refractivity contribution in [3.63, 3.8) is 0 Å². The van der Waals surface area contributed by atoms with Crippen LogP contribution >= 0.6 is 0 Å². The van der Waals surface area contributed by atoms with Crippen LogP contribution < -0.4 is 5.56 Å². The number of rotatable bonds is 4. The molecule has 1 aliphatic rings. The molecular weight excluding hydrogens is 281 g/mol. The molecule has 5 heteroatoms. The predicted octanol–water partition coefficient (Wildman–Crippen LogP) is 2.42. The highest BCUT2D eigenvalue weighted by Gasteiger charge is 2.21. The van der Waals surface area contributed by atoms with Gasteiger partial charge in [-0.25, -0.2) is 9.37 Å². The van der Waals surface area contributed by atoms with Crippen molar-refractivity contribution in [1.29, 1.82) is 0 Å². The number of halogens is 1. The average molecular weight is 301 g/mol. The predicted molar refractivity (Wildman–Crippen MR) is 83.1 cm³/mol. The number of aryl methyl sites for hydroxylation is 1. The summed E-state index contributed by atoms with van der Waals surface area (Å²) in [6.45, 7) is 3.96. The molecule has 2 heterocycles. The molecule has 3 rings (SSSR count). The smallest absolute Gasteiger partial charge is 0.254 e. The molecule has 0 spiro atoms. The zero-order valence-corrected chi connectivity index (χ0v) is 12.7. The highest BCUT2D eigenvalue weighted by atomic mass is 19.1. The van der Waals surface area contributed by atoms with Gasteiger partial charge in [-0.1, -0.05) is 25.1 Å². The van der Waals surface area contributed by atoms with Crippen molar-refractivity contribution in [3.8, 4) is 0 Å². The van der Waals surface area contributed by atoms with Crippen LogP contribution in [0.3, 0.4) is 0 Å². The van der Waals surface area contributed by atoms with E-state index >= 15 is 0 Å². The number of nitrogens with zero attached hydrogens (tertiary/aromatic N) is 2. The molecule has 116 valence electrons. The third kappa shape index (κ3) is 3.09. The van der Waals surface area contributed by atoms with E-state index in [1.54, 1.807) is 12.1 Å². The number of aromatic amines is 1. The Morgan fingerprint density at radius 1 is 1.36 bits per heavy atom. The lowest BCUT2D eigenvalue weighted by Gasteiger charge is -2.27. The quantitative estimate of drug-likeness (QED) is 0.943. The molecule has 0 fully saturated rings. The number of nitrogens with one attached hydrogen (secondary N) is 1. The van der Waals surface area contributed by atoms with E-state index in [4.69, 9.17) is 0 Å². The van der Waals surface area contributed by atoms with Crippen molar-refractivity contribution in [2.24, 2.45) is 0 Å². The van der Waals surface area contributed by atoms with Crippen LogP contribution in [0.5, 0.6) is 0 Å². The molecule has 0 saturated heterocycles. The molecule has 1 aliphatic heterocycles. The number of hydrogen-bond acceptors (Lipinski definition) is 3. The summed E-state index contributed by atoms with van der Waals surface area (Å²) in [6, 6.07) is 6.83. The molecule has 0 amide bonds. The number of fused-ring (bicyclic) bond motifs is 1. The minimum absolute atomic E-state index is 0.0148. The highest BCUT2D eigenvalue weighted by molar-refractivity contribution is 5.22. The van der Waals surface area contributed by atoms with E-state index < -0.39 is 0 Å². The van der Waals surface area contributed by atoms with Gasteiger partial charge in [0.05, 0.1) is 5.69 Å². The Morgan fingerprint density at radius 3 is 2.95 bits per heavy atom. The van der Waals surface area contributed by atoms with Crippen LogP contribution in [0.25, 0.3) is 0 Å². The second kappa shape index (κ2) is 6.40. The van der Waals surface area contributed by atoms with Gasteiger partial charge in [0.1, 0.15) is 11.6 Å². The lowest BCUT2D eigenvalue weighted by molar-refractivity contribution is 0.237. The van der Waals surface area contributed by atoms with Gasteiger partial charge in [0, 0.05) is 37.2 Å². The number of aromatic nitrogens is 2. The minimum atomic E-state index is -0.182. The summed E-state index contributed by atoms with van der Waals surface area (Å²) in [7, 11) is 0. The van der Waals surface area contributed by atoms with Crippen molar-refractivity contribution in [2.75, 3.05) is 6.54 Å². The van der Waals surface area contributed by atoms with E-state index in [-0.39, 0.29) is 11.4 Å². The Bertz CT molecular complexity index is 726. The first-order valence-electron chi connectivity index (χ1n) is 7.74. The molecule has 0 radical (unpaired) electrons. The third-order valence-electron chi connectivity index (χ3n) is 4.04. The maximum absolute atomic E-state index is 13.8. The van der Waals surface area contributed by atoms with Gasteiger partial charge < -0.3 is 4.98 Å².